The molecule has 0 radical (unpaired) electrons. The minimum Gasteiger partial charge on any atom is -0.337 e. The number of rotatable bonds is 2. The van der Waals surface area contributed by atoms with Crippen LogP contribution in [-0.4, -0.2) is 39.7 Å². The zero-order valence-corrected chi connectivity index (χ0v) is 10.1. The molecule has 1 atom stereocenters. The molecule has 1 amide bonds. The number of amides is 1. The molecule has 6 heteroatoms. The average molecular weight is 245 g/mol. The summed E-state index contributed by atoms with van der Waals surface area (Å²) >= 11 is 0. The maximum atomic E-state index is 11.9. The van der Waals surface area contributed by atoms with Gasteiger partial charge in [-0.25, -0.2) is 0 Å². The van der Waals surface area contributed by atoms with E-state index in [1.807, 2.05) is 6.92 Å². The van der Waals surface area contributed by atoms with Crippen LogP contribution in [0.3, 0.4) is 0 Å². The summed E-state index contributed by atoms with van der Waals surface area (Å²) < 4.78 is 1.75. The Morgan fingerprint density at radius 2 is 2.44 bits per heavy atom. The maximum Gasteiger partial charge on any atom is 0.257 e. The lowest BCUT2D eigenvalue weighted by molar-refractivity contribution is 0.0791. The zero-order chi connectivity index (χ0) is 10.8. The van der Waals surface area contributed by atoms with Gasteiger partial charge in [0.1, 0.15) is 0 Å². The molecule has 5 nitrogen and oxygen atoms in total. The Kier molecular flexibility index (Phi) is 4.32. The van der Waals surface area contributed by atoms with Crippen molar-refractivity contribution in [1.82, 2.24) is 14.7 Å². The molecule has 2 rings (SSSR count). The second kappa shape index (κ2) is 5.32. The van der Waals surface area contributed by atoms with E-state index in [-0.39, 0.29) is 24.4 Å². The predicted octanol–water partition coefficient (Wildman–Crippen LogP) is 0.498. The van der Waals surface area contributed by atoms with Crippen LogP contribution in [0, 0.1) is 0 Å². The number of hydrogen-bond donors (Lipinski definition) is 1. The van der Waals surface area contributed by atoms with Crippen molar-refractivity contribution in [2.24, 2.45) is 5.73 Å². The molecule has 1 saturated heterocycles. The molecule has 0 saturated carbocycles. The molecular formula is C10H17ClN4O. The number of carbonyl (C=O) groups is 1. The maximum absolute atomic E-state index is 11.9. The van der Waals surface area contributed by atoms with Gasteiger partial charge < -0.3 is 10.6 Å². The van der Waals surface area contributed by atoms with Gasteiger partial charge in [0.25, 0.3) is 5.91 Å². The topological polar surface area (TPSA) is 64.2 Å². The van der Waals surface area contributed by atoms with Gasteiger partial charge in [0.15, 0.2) is 0 Å². The molecule has 2 N–H and O–H groups in total. The molecule has 1 aromatic heterocycles. The van der Waals surface area contributed by atoms with E-state index in [1.54, 1.807) is 22.0 Å². The second-order valence-corrected chi connectivity index (χ2v) is 3.88. The van der Waals surface area contributed by atoms with E-state index in [4.69, 9.17) is 5.73 Å². The zero-order valence-electron chi connectivity index (χ0n) is 9.30. The van der Waals surface area contributed by atoms with E-state index >= 15 is 0 Å². The third-order valence-corrected chi connectivity index (χ3v) is 2.72. The SMILES string of the molecule is CCn1cc(C(=O)N2CC[C@H](N)C2)cn1.Cl. The minimum atomic E-state index is 0. The third kappa shape index (κ3) is 2.54. The number of nitrogens with two attached hydrogens (primary N) is 1. The van der Waals surface area contributed by atoms with E-state index in [0.717, 1.165) is 19.5 Å². The summed E-state index contributed by atoms with van der Waals surface area (Å²) in [5.74, 6) is 0.0441. The first-order chi connectivity index (χ1) is 7.20. The molecule has 1 fully saturated rings. The van der Waals surface area contributed by atoms with E-state index in [0.29, 0.717) is 12.1 Å². The lowest BCUT2D eigenvalue weighted by atomic mass is 10.3. The van der Waals surface area contributed by atoms with Gasteiger partial charge in [0.05, 0.1) is 11.8 Å². The number of aryl methyl sites for hydroxylation is 1. The predicted molar refractivity (Wildman–Crippen MR) is 63.6 cm³/mol. The molecule has 2 heterocycles. The quantitative estimate of drug-likeness (QED) is 0.824. The van der Waals surface area contributed by atoms with Crippen molar-refractivity contribution in [2.45, 2.75) is 25.9 Å². The summed E-state index contributed by atoms with van der Waals surface area (Å²) in [4.78, 5) is 13.7. The highest BCUT2D eigenvalue weighted by atomic mass is 35.5. The average Bonchev–Trinajstić information content (AvgIpc) is 2.84. The Balaban J connectivity index is 0.00000128. The van der Waals surface area contributed by atoms with Crippen LogP contribution in [0.4, 0.5) is 0 Å². The van der Waals surface area contributed by atoms with Crippen LogP contribution >= 0.6 is 12.4 Å². The second-order valence-electron chi connectivity index (χ2n) is 3.88. The highest BCUT2D eigenvalue weighted by Gasteiger charge is 2.25. The van der Waals surface area contributed by atoms with Gasteiger partial charge in [-0.1, -0.05) is 0 Å². The summed E-state index contributed by atoms with van der Waals surface area (Å²) in [6, 6.07) is 0.134. The van der Waals surface area contributed by atoms with Gasteiger partial charge in [0, 0.05) is 31.9 Å². The highest BCUT2D eigenvalue weighted by molar-refractivity contribution is 5.93. The Bertz CT molecular complexity index is 365. The monoisotopic (exact) mass is 244 g/mol. The summed E-state index contributed by atoms with van der Waals surface area (Å²) in [5.41, 5.74) is 6.42. The van der Waals surface area contributed by atoms with Crippen LogP contribution in [-0.2, 0) is 6.54 Å². The van der Waals surface area contributed by atoms with E-state index in [9.17, 15) is 4.79 Å². The number of aromatic nitrogens is 2. The Morgan fingerprint density at radius 1 is 1.69 bits per heavy atom. The molecule has 0 aliphatic carbocycles. The molecule has 0 bridgehead atoms. The normalized spacial score (nSPS) is 19.6. The van der Waals surface area contributed by atoms with E-state index < -0.39 is 0 Å². The van der Waals surface area contributed by atoms with E-state index in [1.165, 1.54) is 0 Å². The number of likely N-dealkylation sites (tertiary alicyclic amines) is 1. The van der Waals surface area contributed by atoms with Crippen molar-refractivity contribution in [3.05, 3.63) is 18.0 Å². The number of carbonyl (C=O) groups excluding carboxylic acids is 1. The molecule has 1 aliphatic rings. The highest BCUT2D eigenvalue weighted by Crippen LogP contribution is 2.11. The lowest BCUT2D eigenvalue weighted by Crippen LogP contribution is -2.31. The van der Waals surface area contributed by atoms with Gasteiger partial charge in [-0.15, -0.1) is 12.4 Å². The molecule has 0 unspecified atom stereocenters. The summed E-state index contributed by atoms with van der Waals surface area (Å²) in [6.45, 7) is 4.20. The standard InChI is InChI=1S/C10H16N4O.ClH/c1-2-14-6-8(5-12-14)10(15)13-4-3-9(11)7-13;/h5-6,9H,2-4,7,11H2,1H3;1H/t9-;/m0./s1. The Labute approximate surface area is 101 Å². The van der Waals surface area contributed by atoms with Crippen LogP contribution < -0.4 is 5.73 Å². The number of hydrogen-bond acceptors (Lipinski definition) is 3. The molecule has 1 aromatic rings. The first kappa shape index (κ1) is 13.0. The fourth-order valence-corrected chi connectivity index (χ4v) is 1.80. The molecular weight excluding hydrogens is 228 g/mol. The van der Waals surface area contributed by atoms with Crippen molar-refractivity contribution in [2.75, 3.05) is 13.1 Å². The van der Waals surface area contributed by atoms with Crippen molar-refractivity contribution >= 4 is 18.3 Å². The minimum absolute atomic E-state index is 0. The summed E-state index contributed by atoms with van der Waals surface area (Å²) in [7, 11) is 0. The van der Waals surface area contributed by atoms with Crippen molar-refractivity contribution in [3.8, 4) is 0 Å². The molecule has 16 heavy (non-hydrogen) atoms. The Hall–Kier alpha value is -1.07. The molecule has 0 spiro atoms. The largest absolute Gasteiger partial charge is 0.337 e. The smallest absolute Gasteiger partial charge is 0.257 e. The first-order valence-electron chi connectivity index (χ1n) is 5.28. The van der Waals surface area contributed by atoms with Crippen LogP contribution in [0.15, 0.2) is 12.4 Å². The molecule has 90 valence electrons. The van der Waals surface area contributed by atoms with Crippen LogP contribution in [0.5, 0.6) is 0 Å². The Morgan fingerprint density at radius 3 is 2.94 bits per heavy atom. The molecule has 0 aromatic carbocycles. The van der Waals surface area contributed by atoms with Crippen molar-refractivity contribution in [3.63, 3.8) is 0 Å². The van der Waals surface area contributed by atoms with Gasteiger partial charge >= 0.3 is 0 Å². The third-order valence-electron chi connectivity index (χ3n) is 2.72. The number of halogens is 1. The van der Waals surface area contributed by atoms with Gasteiger partial charge in [-0.2, -0.15) is 5.10 Å². The van der Waals surface area contributed by atoms with Crippen LogP contribution in [0.1, 0.15) is 23.7 Å². The lowest BCUT2D eigenvalue weighted by Gasteiger charge is -2.13. The summed E-state index contributed by atoms with van der Waals surface area (Å²) in [5, 5.41) is 4.08. The fraction of sp³-hybridized carbons (Fsp3) is 0.600. The van der Waals surface area contributed by atoms with Gasteiger partial charge in [-0.3, -0.25) is 9.48 Å². The van der Waals surface area contributed by atoms with Crippen LogP contribution in [0.25, 0.3) is 0 Å². The number of nitrogens with zero attached hydrogens (tertiary/aromatic N) is 3. The fourth-order valence-electron chi connectivity index (χ4n) is 1.80. The molecule has 1 aliphatic heterocycles. The van der Waals surface area contributed by atoms with Gasteiger partial charge in [0.2, 0.25) is 0 Å². The first-order valence-corrected chi connectivity index (χ1v) is 5.28. The van der Waals surface area contributed by atoms with Crippen molar-refractivity contribution in [1.29, 1.82) is 0 Å². The summed E-state index contributed by atoms with van der Waals surface area (Å²) in [6.07, 6.45) is 4.30. The van der Waals surface area contributed by atoms with E-state index in [2.05, 4.69) is 5.10 Å². The van der Waals surface area contributed by atoms with Gasteiger partial charge in [-0.05, 0) is 13.3 Å². The van der Waals surface area contributed by atoms with Crippen molar-refractivity contribution < 1.29 is 4.79 Å². The van der Waals surface area contributed by atoms with Crippen LogP contribution in [0.2, 0.25) is 0 Å².